The predicted molar refractivity (Wildman–Crippen MR) is 75.3 cm³/mol. The fraction of sp³-hybridized carbons (Fsp3) is 0.769. The largest absolute Gasteiger partial charge is 0.481 e. The van der Waals surface area contributed by atoms with E-state index in [2.05, 4.69) is 10.6 Å². The maximum absolute atomic E-state index is 11.7. The number of urea groups is 1. The lowest BCUT2D eigenvalue weighted by Gasteiger charge is -2.27. The predicted octanol–water partition coefficient (Wildman–Crippen LogP) is 0.653. The Labute approximate surface area is 119 Å². The van der Waals surface area contributed by atoms with Crippen LogP contribution in [0.3, 0.4) is 0 Å². The summed E-state index contributed by atoms with van der Waals surface area (Å²) in [5.74, 6) is -1.16. The van der Waals surface area contributed by atoms with Crippen LogP contribution in [0.1, 0.15) is 33.6 Å². The second kappa shape index (κ2) is 7.72. The molecule has 1 unspecified atom stereocenters. The van der Waals surface area contributed by atoms with Crippen LogP contribution in [-0.4, -0.2) is 54.6 Å². The van der Waals surface area contributed by atoms with Crippen molar-refractivity contribution in [2.75, 3.05) is 20.6 Å². The van der Waals surface area contributed by atoms with Crippen LogP contribution in [-0.2, 0) is 9.59 Å². The van der Waals surface area contributed by atoms with Crippen LogP contribution in [0.15, 0.2) is 0 Å². The van der Waals surface area contributed by atoms with E-state index in [9.17, 15) is 19.5 Å². The maximum atomic E-state index is 11.7. The second-order valence-electron chi connectivity index (χ2n) is 5.07. The Hall–Kier alpha value is -1.79. The fourth-order valence-electron chi connectivity index (χ4n) is 1.82. The molecule has 7 heteroatoms. The molecule has 0 saturated heterocycles. The van der Waals surface area contributed by atoms with Gasteiger partial charge in [-0.1, -0.05) is 13.8 Å². The molecule has 0 aromatic rings. The highest BCUT2D eigenvalue weighted by molar-refractivity contribution is 5.86. The van der Waals surface area contributed by atoms with Crippen LogP contribution >= 0.6 is 0 Å². The Morgan fingerprint density at radius 1 is 1.20 bits per heavy atom. The average Bonchev–Trinajstić information content (AvgIpc) is 2.38. The van der Waals surface area contributed by atoms with Crippen molar-refractivity contribution in [1.29, 1.82) is 0 Å². The van der Waals surface area contributed by atoms with Gasteiger partial charge in [0, 0.05) is 20.6 Å². The summed E-state index contributed by atoms with van der Waals surface area (Å²) < 4.78 is 0. The molecule has 0 saturated carbocycles. The lowest BCUT2D eigenvalue weighted by molar-refractivity contribution is -0.149. The van der Waals surface area contributed by atoms with E-state index in [0.29, 0.717) is 12.8 Å². The van der Waals surface area contributed by atoms with Gasteiger partial charge < -0.3 is 20.6 Å². The number of hydrogen-bond donors (Lipinski definition) is 3. The molecule has 0 aromatic heterocycles. The van der Waals surface area contributed by atoms with Crippen LogP contribution in [0, 0.1) is 5.41 Å². The van der Waals surface area contributed by atoms with Crippen molar-refractivity contribution in [2.24, 2.45) is 5.41 Å². The minimum Gasteiger partial charge on any atom is -0.481 e. The molecule has 3 amide bonds. The minimum absolute atomic E-state index is 0.0318. The highest BCUT2D eigenvalue weighted by atomic mass is 16.4. The molecule has 0 bridgehead atoms. The molecular weight excluding hydrogens is 262 g/mol. The van der Waals surface area contributed by atoms with E-state index in [-0.39, 0.29) is 12.5 Å². The zero-order valence-electron chi connectivity index (χ0n) is 12.8. The van der Waals surface area contributed by atoms with Gasteiger partial charge in [0.25, 0.3) is 0 Å². The van der Waals surface area contributed by atoms with Crippen molar-refractivity contribution in [3.8, 4) is 0 Å². The van der Waals surface area contributed by atoms with Crippen molar-refractivity contribution >= 4 is 17.9 Å². The van der Waals surface area contributed by atoms with Gasteiger partial charge in [-0.05, 0) is 19.8 Å². The van der Waals surface area contributed by atoms with Gasteiger partial charge in [-0.2, -0.15) is 0 Å². The number of nitrogens with zero attached hydrogens (tertiary/aromatic N) is 1. The molecule has 3 N–H and O–H groups in total. The molecule has 0 heterocycles. The van der Waals surface area contributed by atoms with E-state index in [1.165, 1.54) is 4.90 Å². The van der Waals surface area contributed by atoms with E-state index in [4.69, 9.17) is 0 Å². The normalized spacial score (nSPS) is 12.4. The number of carboxylic acids is 1. The third-order valence-corrected chi connectivity index (χ3v) is 3.55. The Balaban J connectivity index is 4.49. The van der Waals surface area contributed by atoms with Crippen molar-refractivity contribution in [1.82, 2.24) is 15.5 Å². The second-order valence-corrected chi connectivity index (χ2v) is 5.07. The van der Waals surface area contributed by atoms with E-state index >= 15 is 0 Å². The highest BCUT2D eigenvalue weighted by Crippen LogP contribution is 2.25. The third kappa shape index (κ3) is 4.71. The first kappa shape index (κ1) is 18.2. The van der Waals surface area contributed by atoms with Gasteiger partial charge in [0.15, 0.2) is 0 Å². The lowest BCUT2D eigenvalue weighted by Crippen LogP contribution is -2.51. The van der Waals surface area contributed by atoms with Gasteiger partial charge >= 0.3 is 12.0 Å². The van der Waals surface area contributed by atoms with Gasteiger partial charge in [-0.15, -0.1) is 0 Å². The summed E-state index contributed by atoms with van der Waals surface area (Å²) in [4.78, 5) is 35.9. The number of hydrogen-bond acceptors (Lipinski definition) is 3. The Bertz CT molecular complexity index is 365. The summed E-state index contributed by atoms with van der Waals surface area (Å²) in [5, 5.41) is 14.3. The quantitative estimate of drug-likeness (QED) is 0.640. The van der Waals surface area contributed by atoms with Gasteiger partial charge in [0.1, 0.15) is 6.04 Å². The van der Waals surface area contributed by atoms with Crippen molar-refractivity contribution in [3.63, 3.8) is 0 Å². The molecule has 0 spiro atoms. The number of amides is 3. The molecule has 0 aromatic carbocycles. The van der Waals surface area contributed by atoms with Gasteiger partial charge in [-0.3, -0.25) is 9.59 Å². The standard InChI is InChI=1S/C13H25N3O4/c1-6-13(7-2,11(18)19)8-14-12(20)15-9(3)10(17)16(4)5/h9H,6-8H2,1-5H3,(H,18,19)(H2,14,15,20). The summed E-state index contributed by atoms with van der Waals surface area (Å²) in [6, 6.07) is -1.20. The zero-order valence-corrected chi connectivity index (χ0v) is 12.8. The number of carbonyl (C=O) groups is 3. The molecule has 0 fully saturated rings. The van der Waals surface area contributed by atoms with E-state index < -0.39 is 23.5 Å². The number of carboxylic acid groups (broad SMARTS) is 1. The topological polar surface area (TPSA) is 98.7 Å². The summed E-state index contributed by atoms with van der Waals surface area (Å²) in [7, 11) is 3.20. The molecular formula is C13H25N3O4. The number of rotatable bonds is 7. The molecule has 116 valence electrons. The van der Waals surface area contributed by atoms with Crippen molar-refractivity contribution in [3.05, 3.63) is 0 Å². The van der Waals surface area contributed by atoms with Gasteiger partial charge in [0.05, 0.1) is 5.41 Å². The van der Waals surface area contributed by atoms with Crippen LogP contribution in [0.5, 0.6) is 0 Å². The molecule has 7 nitrogen and oxygen atoms in total. The first-order chi connectivity index (χ1) is 9.20. The Morgan fingerprint density at radius 3 is 2.05 bits per heavy atom. The average molecular weight is 287 g/mol. The number of likely N-dealkylation sites (N-methyl/N-ethyl adjacent to an activating group) is 1. The molecule has 0 radical (unpaired) electrons. The summed E-state index contributed by atoms with van der Waals surface area (Å²) in [6.45, 7) is 5.15. The van der Waals surface area contributed by atoms with Crippen LogP contribution < -0.4 is 10.6 Å². The summed E-state index contributed by atoms with van der Waals surface area (Å²) >= 11 is 0. The fourth-order valence-corrected chi connectivity index (χ4v) is 1.82. The molecule has 20 heavy (non-hydrogen) atoms. The number of aliphatic carboxylic acids is 1. The molecule has 1 atom stereocenters. The Morgan fingerprint density at radius 2 is 1.70 bits per heavy atom. The number of nitrogens with one attached hydrogen (secondary N) is 2. The smallest absolute Gasteiger partial charge is 0.315 e. The monoisotopic (exact) mass is 287 g/mol. The molecule has 0 rings (SSSR count). The van der Waals surface area contributed by atoms with Crippen molar-refractivity contribution in [2.45, 2.75) is 39.7 Å². The van der Waals surface area contributed by atoms with Gasteiger partial charge in [0.2, 0.25) is 5.91 Å². The van der Waals surface area contributed by atoms with Gasteiger partial charge in [-0.25, -0.2) is 4.79 Å². The summed E-state index contributed by atoms with van der Waals surface area (Å²) in [5.41, 5.74) is -0.966. The number of carbonyl (C=O) groups excluding carboxylic acids is 2. The molecule has 0 aliphatic heterocycles. The van der Waals surface area contributed by atoms with Crippen LogP contribution in [0.2, 0.25) is 0 Å². The van der Waals surface area contributed by atoms with E-state index in [0.717, 1.165) is 0 Å². The highest BCUT2D eigenvalue weighted by Gasteiger charge is 2.35. The van der Waals surface area contributed by atoms with Crippen molar-refractivity contribution < 1.29 is 19.5 Å². The lowest BCUT2D eigenvalue weighted by atomic mass is 9.82. The molecule has 0 aliphatic rings. The van der Waals surface area contributed by atoms with Crippen LogP contribution in [0.4, 0.5) is 4.79 Å². The summed E-state index contributed by atoms with van der Waals surface area (Å²) in [6.07, 6.45) is 0.844. The first-order valence-electron chi connectivity index (χ1n) is 6.69. The zero-order chi connectivity index (χ0) is 15.9. The maximum Gasteiger partial charge on any atom is 0.315 e. The first-order valence-corrected chi connectivity index (χ1v) is 6.69. The SMILES string of the molecule is CCC(CC)(CNC(=O)NC(C)C(=O)N(C)C)C(=O)O. The molecule has 0 aliphatic carbocycles. The van der Waals surface area contributed by atoms with E-state index in [1.54, 1.807) is 34.9 Å². The third-order valence-electron chi connectivity index (χ3n) is 3.55. The Kier molecular flexibility index (Phi) is 7.02. The van der Waals surface area contributed by atoms with E-state index in [1.807, 2.05) is 0 Å². The minimum atomic E-state index is -0.966. The van der Waals surface area contributed by atoms with Crippen LogP contribution in [0.25, 0.3) is 0 Å².